The average Bonchev–Trinajstić information content (AvgIpc) is 2.59. The molecule has 1 saturated heterocycles. The predicted octanol–water partition coefficient (Wildman–Crippen LogP) is -1.37. The number of nitrogens with two attached hydrogens (primary N) is 1. The Balaban J connectivity index is 2.59. The number of hydrogen-bond acceptors (Lipinski definition) is 8. The second-order valence-electron chi connectivity index (χ2n) is 6.43. The summed E-state index contributed by atoms with van der Waals surface area (Å²) in [5.74, 6) is -1.09. The van der Waals surface area contributed by atoms with E-state index in [2.05, 4.69) is 5.32 Å². The minimum absolute atomic E-state index is 0.0703. The fourth-order valence-corrected chi connectivity index (χ4v) is 2.47. The van der Waals surface area contributed by atoms with Crippen molar-refractivity contribution in [2.24, 2.45) is 11.7 Å². The van der Waals surface area contributed by atoms with Gasteiger partial charge in [-0.25, -0.2) is 0 Å². The molecule has 25 heavy (non-hydrogen) atoms. The minimum Gasteiger partial charge on any atom is -0.462 e. The van der Waals surface area contributed by atoms with E-state index in [1.165, 1.54) is 0 Å². The molecule has 1 heterocycles. The van der Waals surface area contributed by atoms with Crippen LogP contribution in [-0.4, -0.2) is 70.5 Å². The van der Waals surface area contributed by atoms with Crippen molar-refractivity contribution in [1.82, 2.24) is 5.32 Å². The highest BCUT2D eigenvalue weighted by molar-refractivity contribution is 5.76. The molecule has 9 heteroatoms. The van der Waals surface area contributed by atoms with E-state index in [9.17, 15) is 24.9 Å². The molecule has 1 fully saturated rings. The summed E-state index contributed by atoms with van der Waals surface area (Å²) >= 11 is 0. The number of aliphatic hydroxyl groups is 3. The maximum Gasteiger partial charge on any atom is 0.323 e. The normalized spacial score (nSPS) is 31.9. The zero-order chi connectivity index (χ0) is 19.1. The third-order valence-electron chi connectivity index (χ3n) is 4.44. The first kappa shape index (κ1) is 21.8. The Morgan fingerprint density at radius 3 is 2.44 bits per heavy atom. The van der Waals surface area contributed by atoms with Gasteiger partial charge in [-0.3, -0.25) is 9.59 Å². The van der Waals surface area contributed by atoms with E-state index in [0.717, 1.165) is 0 Å². The molecule has 0 spiro atoms. The molecule has 0 saturated carbocycles. The second kappa shape index (κ2) is 10.0. The van der Waals surface area contributed by atoms with Gasteiger partial charge in [-0.2, -0.15) is 0 Å². The summed E-state index contributed by atoms with van der Waals surface area (Å²) in [7, 11) is 0. The topological polar surface area (TPSA) is 151 Å². The summed E-state index contributed by atoms with van der Waals surface area (Å²) in [5, 5.41) is 32.6. The van der Waals surface area contributed by atoms with Crippen molar-refractivity contribution in [3.05, 3.63) is 0 Å². The van der Waals surface area contributed by atoms with Crippen LogP contribution < -0.4 is 11.1 Å². The van der Waals surface area contributed by atoms with Crippen LogP contribution in [0.25, 0.3) is 0 Å². The molecule has 0 aliphatic carbocycles. The second-order valence-corrected chi connectivity index (χ2v) is 6.43. The summed E-state index contributed by atoms with van der Waals surface area (Å²) in [4.78, 5) is 23.5. The highest BCUT2D eigenvalue weighted by Crippen LogP contribution is 2.21. The molecular weight excluding hydrogens is 332 g/mol. The molecule has 1 amide bonds. The van der Waals surface area contributed by atoms with E-state index in [1.807, 2.05) is 20.8 Å². The standard InChI is InChI=1S/C16H30N2O7/c1-4-6-10(19)18-12-14(21)13(20)9(25-16(12)23)7-24-15(22)11(17)8(3)5-2/h8-9,11-14,16,20-21,23H,4-7,17H2,1-3H3,(H,18,19)/t8-,9+,11-,12+,13+,14+,16?/m0/s1. The van der Waals surface area contributed by atoms with Crippen molar-refractivity contribution < 1.29 is 34.4 Å². The van der Waals surface area contributed by atoms with Gasteiger partial charge in [0.15, 0.2) is 6.29 Å². The quantitative estimate of drug-likeness (QED) is 0.332. The van der Waals surface area contributed by atoms with Crippen LogP contribution in [0.4, 0.5) is 0 Å². The van der Waals surface area contributed by atoms with Gasteiger partial charge < -0.3 is 35.8 Å². The van der Waals surface area contributed by atoms with Gasteiger partial charge in [-0.1, -0.05) is 27.2 Å². The molecule has 0 aromatic rings. The van der Waals surface area contributed by atoms with Crippen LogP contribution >= 0.6 is 0 Å². The number of amides is 1. The number of carbonyl (C=O) groups is 2. The molecule has 1 rings (SSSR count). The fourth-order valence-electron chi connectivity index (χ4n) is 2.47. The van der Waals surface area contributed by atoms with E-state index in [-0.39, 0.29) is 24.9 Å². The zero-order valence-electron chi connectivity index (χ0n) is 14.9. The zero-order valence-corrected chi connectivity index (χ0v) is 14.9. The van der Waals surface area contributed by atoms with Crippen LogP contribution in [0.5, 0.6) is 0 Å². The number of rotatable bonds is 8. The van der Waals surface area contributed by atoms with E-state index >= 15 is 0 Å². The first-order valence-electron chi connectivity index (χ1n) is 8.64. The molecule has 7 atom stereocenters. The van der Waals surface area contributed by atoms with Crippen molar-refractivity contribution >= 4 is 11.9 Å². The van der Waals surface area contributed by atoms with E-state index in [4.69, 9.17) is 15.2 Å². The summed E-state index contributed by atoms with van der Waals surface area (Å²) in [6, 6.07) is -1.97. The first-order chi connectivity index (χ1) is 11.7. The maximum atomic E-state index is 11.9. The third kappa shape index (κ3) is 5.89. The van der Waals surface area contributed by atoms with E-state index < -0.39 is 42.7 Å². The van der Waals surface area contributed by atoms with Crippen molar-refractivity contribution in [2.45, 2.75) is 76.7 Å². The van der Waals surface area contributed by atoms with Gasteiger partial charge in [0, 0.05) is 6.42 Å². The van der Waals surface area contributed by atoms with Gasteiger partial charge in [-0.05, 0) is 12.3 Å². The average molecular weight is 362 g/mol. The smallest absolute Gasteiger partial charge is 0.323 e. The Labute approximate surface area is 147 Å². The van der Waals surface area contributed by atoms with Crippen molar-refractivity contribution in [3.8, 4) is 0 Å². The minimum atomic E-state index is -1.54. The number of esters is 1. The van der Waals surface area contributed by atoms with Gasteiger partial charge in [0.25, 0.3) is 0 Å². The summed E-state index contributed by atoms with van der Waals surface area (Å²) in [6.45, 7) is 5.15. The number of ether oxygens (including phenoxy) is 2. The molecule has 6 N–H and O–H groups in total. The first-order valence-corrected chi connectivity index (χ1v) is 8.64. The fraction of sp³-hybridized carbons (Fsp3) is 0.875. The molecule has 1 aliphatic heterocycles. The van der Waals surface area contributed by atoms with Gasteiger partial charge >= 0.3 is 5.97 Å². The molecule has 0 radical (unpaired) electrons. The van der Waals surface area contributed by atoms with Crippen LogP contribution in [0.2, 0.25) is 0 Å². The lowest BCUT2D eigenvalue weighted by Crippen LogP contribution is -2.64. The lowest BCUT2D eigenvalue weighted by molar-refractivity contribution is -0.256. The van der Waals surface area contributed by atoms with Crippen molar-refractivity contribution in [1.29, 1.82) is 0 Å². The molecule has 1 aliphatic rings. The molecule has 0 aromatic heterocycles. The number of hydrogen-bond donors (Lipinski definition) is 5. The van der Waals surface area contributed by atoms with Gasteiger partial charge in [0.05, 0.1) is 0 Å². The lowest BCUT2D eigenvalue weighted by Gasteiger charge is -2.40. The summed E-state index contributed by atoms with van der Waals surface area (Å²) < 4.78 is 10.2. The van der Waals surface area contributed by atoms with Crippen molar-refractivity contribution in [2.75, 3.05) is 6.61 Å². The largest absolute Gasteiger partial charge is 0.462 e. The van der Waals surface area contributed by atoms with Crippen LogP contribution in [0.3, 0.4) is 0 Å². The third-order valence-corrected chi connectivity index (χ3v) is 4.44. The predicted molar refractivity (Wildman–Crippen MR) is 88.1 cm³/mol. The Hall–Kier alpha value is -1.26. The number of aliphatic hydroxyl groups excluding tert-OH is 3. The highest BCUT2D eigenvalue weighted by atomic mass is 16.6. The monoisotopic (exact) mass is 362 g/mol. The number of carbonyl (C=O) groups excluding carboxylic acids is 2. The summed E-state index contributed by atoms with van der Waals surface area (Å²) in [5.41, 5.74) is 5.76. The van der Waals surface area contributed by atoms with Crippen LogP contribution in [0.15, 0.2) is 0 Å². The van der Waals surface area contributed by atoms with Gasteiger partial charge in [0.2, 0.25) is 5.91 Å². The SMILES string of the molecule is CCCC(=O)N[C@H]1C(O)O[C@H](COC(=O)[C@@H](N)[C@@H](C)CC)[C@@H](O)[C@@H]1O. The van der Waals surface area contributed by atoms with Crippen LogP contribution in [0.1, 0.15) is 40.0 Å². The maximum absolute atomic E-state index is 11.9. The van der Waals surface area contributed by atoms with Gasteiger partial charge in [-0.15, -0.1) is 0 Å². The molecule has 1 unspecified atom stereocenters. The van der Waals surface area contributed by atoms with Crippen LogP contribution in [0, 0.1) is 5.92 Å². The molecule has 0 bridgehead atoms. The Morgan fingerprint density at radius 2 is 1.88 bits per heavy atom. The molecule has 9 nitrogen and oxygen atoms in total. The van der Waals surface area contributed by atoms with Crippen molar-refractivity contribution in [3.63, 3.8) is 0 Å². The van der Waals surface area contributed by atoms with E-state index in [0.29, 0.717) is 12.8 Å². The van der Waals surface area contributed by atoms with Crippen LogP contribution in [-0.2, 0) is 19.1 Å². The Bertz CT molecular complexity index is 448. The number of nitrogens with one attached hydrogen (secondary N) is 1. The molecule has 0 aromatic carbocycles. The summed E-state index contributed by atoms with van der Waals surface area (Å²) in [6.07, 6.45) is -4.04. The molecule has 146 valence electrons. The Kier molecular flexibility index (Phi) is 8.74. The van der Waals surface area contributed by atoms with E-state index in [1.54, 1.807) is 0 Å². The highest BCUT2D eigenvalue weighted by Gasteiger charge is 2.45. The van der Waals surface area contributed by atoms with Gasteiger partial charge in [0.1, 0.15) is 37.0 Å². The lowest BCUT2D eigenvalue weighted by atomic mass is 9.96. The Morgan fingerprint density at radius 1 is 1.24 bits per heavy atom. The molecular formula is C16H30N2O7.